The van der Waals surface area contributed by atoms with E-state index in [9.17, 15) is 4.79 Å². The first-order valence-corrected chi connectivity index (χ1v) is 11.1. The van der Waals surface area contributed by atoms with E-state index in [4.69, 9.17) is 0 Å². The molecule has 1 aromatic carbocycles. The number of hydrogen-bond acceptors (Lipinski definition) is 5. The van der Waals surface area contributed by atoms with Gasteiger partial charge in [-0.25, -0.2) is 4.68 Å². The van der Waals surface area contributed by atoms with Crippen LogP contribution in [0.2, 0.25) is 0 Å². The van der Waals surface area contributed by atoms with Crippen LogP contribution < -0.4 is 5.32 Å². The maximum Gasteiger partial charge on any atom is 0.251 e. The number of rotatable bonds is 7. The predicted molar refractivity (Wildman–Crippen MR) is 128 cm³/mol. The van der Waals surface area contributed by atoms with Crippen molar-refractivity contribution in [2.45, 2.75) is 40.7 Å². The van der Waals surface area contributed by atoms with E-state index in [0.29, 0.717) is 23.7 Å². The van der Waals surface area contributed by atoms with Gasteiger partial charge in [0.05, 0.1) is 29.3 Å². The van der Waals surface area contributed by atoms with Gasteiger partial charge in [0.1, 0.15) is 0 Å². The second-order valence-corrected chi connectivity index (χ2v) is 8.67. The number of nitrogens with one attached hydrogen (secondary N) is 1. The van der Waals surface area contributed by atoms with Crippen LogP contribution in [0.5, 0.6) is 0 Å². The molecule has 4 rings (SSSR count). The topological polar surface area (TPSA) is 85.6 Å². The Balaban J connectivity index is 1.69. The fourth-order valence-electron chi connectivity index (χ4n) is 3.58. The summed E-state index contributed by atoms with van der Waals surface area (Å²) in [6, 6.07) is 15.5. The lowest BCUT2D eigenvalue weighted by molar-refractivity contribution is 0.0950. The third-order valence-electron chi connectivity index (χ3n) is 5.25. The molecule has 3 aromatic heterocycles. The lowest BCUT2D eigenvalue weighted by Gasteiger charge is -2.13. The molecule has 0 atom stereocenters. The number of benzene rings is 1. The van der Waals surface area contributed by atoms with Gasteiger partial charge in [-0.15, -0.1) is 0 Å². The number of nitrogens with zero attached hydrogens (tertiary/aromatic N) is 5. The van der Waals surface area contributed by atoms with E-state index >= 15 is 0 Å². The molecule has 3 heterocycles. The molecule has 0 saturated carbocycles. The Bertz CT molecular complexity index is 1240. The number of hydrogen-bond donors (Lipinski definition) is 1. The Morgan fingerprint density at radius 3 is 2.58 bits per heavy atom. The van der Waals surface area contributed by atoms with Crippen LogP contribution in [0.25, 0.3) is 16.9 Å². The minimum atomic E-state index is -0.190. The molecule has 4 aromatic rings. The van der Waals surface area contributed by atoms with Gasteiger partial charge in [0.2, 0.25) is 0 Å². The van der Waals surface area contributed by atoms with Gasteiger partial charge in [-0.1, -0.05) is 19.9 Å². The van der Waals surface area contributed by atoms with Crippen molar-refractivity contribution >= 4 is 5.91 Å². The van der Waals surface area contributed by atoms with Crippen LogP contribution in [-0.2, 0) is 13.0 Å². The number of carbonyl (C=O) groups is 1. The summed E-state index contributed by atoms with van der Waals surface area (Å²) in [6.07, 6.45) is 4.51. The van der Waals surface area contributed by atoms with Crippen molar-refractivity contribution in [3.8, 4) is 16.9 Å². The molecule has 7 nitrogen and oxygen atoms in total. The van der Waals surface area contributed by atoms with Crippen molar-refractivity contribution in [3.05, 3.63) is 89.1 Å². The zero-order valence-corrected chi connectivity index (χ0v) is 19.4. The molecular formula is C26H28N6O. The monoisotopic (exact) mass is 440 g/mol. The first-order chi connectivity index (χ1) is 15.9. The molecule has 1 N–H and O–H groups in total. The summed E-state index contributed by atoms with van der Waals surface area (Å²) in [7, 11) is 0. The lowest BCUT2D eigenvalue weighted by Crippen LogP contribution is -2.24. The maximum atomic E-state index is 13.1. The molecular weight excluding hydrogens is 412 g/mol. The van der Waals surface area contributed by atoms with E-state index in [1.54, 1.807) is 6.20 Å². The Labute approximate surface area is 193 Å². The summed E-state index contributed by atoms with van der Waals surface area (Å²) in [4.78, 5) is 17.7. The van der Waals surface area contributed by atoms with Crippen molar-refractivity contribution in [2.75, 3.05) is 0 Å². The zero-order chi connectivity index (χ0) is 23.4. The van der Waals surface area contributed by atoms with Crippen LogP contribution in [0, 0.1) is 19.8 Å². The van der Waals surface area contributed by atoms with Crippen molar-refractivity contribution in [3.63, 3.8) is 0 Å². The summed E-state index contributed by atoms with van der Waals surface area (Å²) >= 11 is 0. The van der Waals surface area contributed by atoms with Gasteiger partial charge < -0.3 is 5.32 Å². The molecule has 0 unspecified atom stereocenters. The third kappa shape index (κ3) is 5.49. The van der Waals surface area contributed by atoms with Gasteiger partial charge in [0.25, 0.3) is 5.91 Å². The largest absolute Gasteiger partial charge is 0.346 e. The number of aryl methyl sites for hydroxylation is 2. The molecule has 0 aliphatic rings. The van der Waals surface area contributed by atoms with E-state index in [1.807, 2.05) is 73.3 Å². The first-order valence-electron chi connectivity index (χ1n) is 11.1. The molecule has 168 valence electrons. The fourth-order valence-corrected chi connectivity index (χ4v) is 3.58. The molecule has 0 saturated heterocycles. The van der Waals surface area contributed by atoms with Crippen molar-refractivity contribution in [1.82, 2.24) is 30.3 Å². The summed E-state index contributed by atoms with van der Waals surface area (Å²) in [5, 5.41) is 15.7. The van der Waals surface area contributed by atoms with Crippen LogP contribution in [0.1, 0.15) is 46.9 Å². The van der Waals surface area contributed by atoms with E-state index in [0.717, 1.165) is 40.3 Å². The highest BCUT2D eigenvalue weighted by Gasteiger charge is 2.14. The number of aromatic nitrogens is 5. The standard InChI is InChI=1S/C26H28N6O/c1-17(2)11-23-9-10-29-32(23)24-13-20(25-8-5-18(3)15-27-25)12-21(14-24)26(33)28-16-22-7-6-19(4)30-31-22/h5-10,12-15,17H,11,16H2,1-4H3,(H,28,33). The molecule has 0 bridgehead atoms. The van der Waals surface area contributed by atoms with Crippen molar-refractivity contribution in [2.24, 2.45) is 5.92 Å². The highest BCUT2D eigenvalue weighted by molar-refractivity contribution is 5.96. The molecule has 0 aliphatic carbocycles. The van der Waals surface area contributed by atoms with Gasteiger partial charge in [0.15, 0.2) is 0 Å². The Morgan fingerprint density at radius 1 is 1.03 bits per heavy atom. The molecule has 0 aliphatic heterocycles. The van der Waals surface area contributed by atoms with E-state index in [1.165, 1.54) is 0 Å². The van der Waals surface area contributed by atoms with Crippen LogP contribution in [0.4, 0.5) is 0 Å². The van der Waals surface area contributed by atoms with Crippen LogP contribution in [-0.4, -0.2) is 30.9 Å². The van der Waals surface area contributed by atoms with Gasteiger partial charge in [-0.2, -0.15) is 15.3 Å². The maximum absolute atomic E-state index is 13.1. The van der Waals surface area contributed by atoms with Crippen molar-refractivity contribution < 1.29 is 4.79 Å². The van der Waals surface area contributed by atoms with Crippen LogP contribution >= 0.6 is 0 Å². The predicted octanol–water partition coefficient (Wildman–Crippen LogP) is 4.47. The Morgan fingerprint density at radius 2 is 1.88 bits per heavy atom. The molecule has 0 spiro atoms. The van der Waals surface area contributed by atoms with Crippen LogP contribution in [0.15, 0.2) is 60.9 Å². The summed E-state index contributed by atoms with van der Waals surface area (Å²) < 4.78 is 1.90. The summed E-state index contributed by atoms with van der Waals surface area (Å²) in [6.45, 7) is 8.54. The minimum Gasteiger partial charge on any atom is -0.346 e. The molecule has 0 fully saturated rings. The molecule has 33 heavy (non-hydrogen) atoms. The quantitative estimate of drug-likeness (QED) is 0.458. The average molecular weight is 441 g/mol. The minimum absolute atomic E-state index is 0.190. The highest BCUT2D eigenvalue weighted by atomic mass is 16.1. The normalized spacial score (nSPS) is 11.1. The van der Waals surface area contributed by atoms with Gasteiger partial charge in [-0.3, -0.25) is 9.78 Å². The Kier molecular flexibility index (Phi) is 6.58. The number of pyridine rings is 1. The van der Waals surface area contributed by atoms with E-state index in [2.05, 4.69) is 39.4 Å². The SMILES string of the molecule is Cc1ccc(-c2cc(C(=O)NCc3ccc(C)nn3)cc(-n3nccc3CC(C)C)c2)nc1. The third-order valence-corrected chi connectivity index (χ3v) is 5.25. The van der Waals surface area contributed by atoms with Gasteiger partial charge >= 0.3 is 0 Å². The zero-order valence-electron chi connectivity index (χ0n) is 19.4. The second-order valence-electron chi connectivity index (χ2n) is 8.67. The van der Waals surface area contributed by atoms with Gasteiger partial charge in [-0.05, 0) is 74.2 Å². The van der Waals surface area contributed by atoms with E-state index < -0.39 is 0 Å². The smallest absolute Gasteiger partial charge is 0.251 e. The average Bonchev–Trinajstić information content (AvgIpc) is 3.26. The molecule has 1 amide bonds. The highest BCUT2D eigenvalue weighted by Crippen LogP contribution is 2.24. The van der Waals surface area contributed by atoms with E-state index in [-0.39, 0.29) is 5.91 Å². The number of amides is 1. The van der Waals surface area contributed by atoms with Crippen molar-refractivity contribution in [1.29, 1.82) is 0 Å². The summed E-state index contributed by atoms with van der Waals surface area (Å²) in [5.74, 6) is 0.297. The second kappa shape index (κ2) is 9.73. The Hall–Kier alpha value is -3.87. The van der Waals surface area contributed by atoms with Gasteiger partial charge in [0, 0.05) is 29.2 Å². The number of carbonyl (C=O) groups excluding carboxylic acids is 1. The first kappa shape index (κ1) is 22.3. The fraction of sp³-hybridized carbons (Fsp3) is 0.269. The van der Waals surface area contributed by atoms with Crippen LogP contribution in [0.3, 0.4) is 0 Å². The molecule has 0 radical (unpaired) electrons. The lowest BCUT2D eigenvalue weighted by atomic mass is 10.0. The molecule has 7 heteroatoms. The summed E-state index contributed by atoms with van der Waals surface area (Å²) in [5.41, 5.74) is 6.75.